The smallest absolute Gasteiger partial charge is 0.335 e. The van der Waals surface area contributed by atoms with Gasteiger partial charge in [-0.15, -0.1) is 0 Å². The molecule has 0 aliphatic heterocycles. The molecule has 5 rings (SSSR count). The molecule has 2 aromatic heterocycles. The fourth-order valence-electron chi connectivity index (χ4n) is 4.60. The summed E-state index contributed by atoms with van der Waals surface area (Å²) < 4.78 is 106. The van der Waals surface area contributed by atoms with Crippen LogP contribution in [0.2, 0.25) is 0 Å². The lowest BCUT2D eigenvalue weighted by Gasteiger charge is -2.30. The normalized spacial score (nSPS) is 17.4. The van der Waals surface area contributed by atoms with Gasteiger partial charge in [0.15, 0.2) is 17.4 Å². The Morgan fingerprint density at radius 2 is 2.03 bits per heavy atom. The van der Waals surface area contributed by atoms with Gasteiger partial charge in [0.05, 0.1) is 40.7 Å². The molecule has 0 radical (unpaired) electrons. The lowest BCUT2D eigenvalue weighted by molar-refractivity contribution is -0.0422. The number of aromatic carboxylic acids is 1. The van der Waals surface area contributed by atoms with Crippen LogP contribution in [0.4, 0.5) is 8.78 Å². The highest BCUT2D eigenvalue weighted by atomic mass is 19.1. The maximum Gasteiger partial charge on any atom is 0.335 e. The molecule has 1 unspecified atom stereocenters. The Balaban J connectivity index is 2.05. The maximum absolute atomic E-state index is 16.6. The van der Waals surface area contributed by atoms with Gasteiger partial charge < -0.3 is 24.3 Å². The van der Waals surface area contributed by atoms with Crippen LogP contribution in [0.5, 0.6) is 5.75 Å². The fraction of sp³-hybridized carbons (Fsp3) is 0.214. The van der Waals surface area contributed by atoms with E-state index in [1.54, 1.807) is 0 Å². The van der Waals surface area contributed by atoms with Crippen LogP contribution in [0.15, 0.2) is 54.7 Å². The van der Waals surface area contributed by atoms with Crippen LogP contribution in [-0.4, -0.2) is 51.7 Å². The summed E-state index contributed by atoms with van der Waals surface area (Å²) in [6.07, 6.45) is -2.25. The second-order valence-electron chi connectivity index (χ2n) is 8.50. The Morgan fingerprint density at radius 1 is 1.24 bits per heavy atom. The van der Waals surface area contributed by atoms with Crippen molar-refractivity contribution in [2.45, 2.75) is 18.8 Å². The van der Waals surface area contributed by atoms with Gasteiger partial charge in [-0.05, 0) is 42.3 Å². The number of halogens is 2. The second kappa shape index (κ2) is 9.55. The summed E-state index contributed by atoms with van der Waals surface area (Å²) in [6.45, 7) is -4.52. The molecule has 5 aromatic rings. The number of methoxy groups -OCH3 is 2. The quantitative estimate of drug-likeness (QED) is 0.248. The zero-order valence-corrected chi connectivity index (χ0v) is 19.7. The van der Waals surface area contributed by atoms with Crippen LogP contribution in [0, 0.1) is 11.6 Å². The first-order valence-corrected chi connectivity index (χ1v) is 11.1. The molecule has 0 saturated heterocycles. The maximum atomic E-state index is 16.6. The number of H-pyrrole nitrogens is 1. The number of carboxylic acid groups (broad SMARTS) is 1. The Bertz CT molecular complexity index is 1970. The molecule has 2 heterocycles. The van der Waals surface area contributed by atoms with Crippen molar-refractivity contribution >= 4 is 27.8 Å². The van der Waals surface area contributed by atoms with Gasteiger partial charge in [-0.3, -0.25) is 5.10 Å². The van der Waals surface area contributed by atoms with Gasteiger partial charge in [-0.25, -0.2) is 13.6 Å². The van der Waals surface area contributed by atoms with Crippen LogP contribution >= 0.6 is 0 Å². The third-order valence-corrected chi connectivity index (χ3v) is 6.26. The van der Waals surface area contributed by atoms with Crippen LogP contribution in [-0.2, 0) is 10.3 Å². The molecule has 3 aromatic carbocycles. The highest BCUT2D eigenvalue weighted by Crippen LogP contribution is 2.46. The topological polar surface area (TPSA) is 110 Å². The van der Waals surface area contributed by atoms with Crippen molar-refractivity contribution in [2.24, 2.45) is 0 Å². The molecule has 196 valence electrons. The summed E-state index contributed by atoms with van der Waals surface area (Å²) in [7, 11) is -2.03. The lowest BCUT2D eigenvalue weighted by atomic mass is 9.89. The van der Waals surface area contributed by atoms with Gasteiger partial charge in [0.1, 0.15) is 11.1 Å². The van der Waals surface area contributed by atoms with Crippen molar-refractivity contribution in [3.63, 3.8) is 0 Å². The number of nitrogens with zero attached hydrogens (tertiary/aromatic N) is 2. The average Bonchev–Trinajstić information content (AvgIpc) is 3.57. The number of carboxylic acids is 1. The minimum Gasteiger partial charge on any atom is -0.494 e. The molecule has 0 spiro atoms. The van der Waals surface area contributed by atoms with E-state index < -0.39 is 61.5 Å². The number of aromatic nitrogens is 3. The summed E-state index contributed by atoms with van der Waals surface area (Å²) in [5.74, 6) is -4.13. The molecule has 0 bridgehead atoms. The van der Waals surface area contributed by atoms with E-state index >= 15 is 4.39 Å². The van der Waals surface area contributed by atoms with Crippen LogP contribution in [0.25, 0.3) is 38.6 Å². The first-order chi connectivity index (χ1) is 21.3. The van der Waals surface area contributed by atoms with Gasteiger partial charge in [-0.1, -0.05) is 19.0 Å². The Hall–Kier alpha value is -4.28. The van der Waals surface area contributed by atoms with Crippen molar-refractivity contribution in [3.8, 4) is 22.6 Å². The zero-order chi connectivity index (χ0) is 34.0. The summed E-state index contributed by atoms with van der Waals surface area (Å²) in [4.78, 5) is 11.6. The highest BCUT2D eigenvalue weighted by molar-refractivity contribution is 6.06. The van der Waals surface area contributed by atoms with Gasteiger partial charge in [0.2, 0.25) is 0 Å². The molecule has 0 saturated carbocycles. The molecular formula is C28H25F2N3O5. The molecule has 0 fully saturated rings. The van der Waals surface area contributed by atoms with E-state index in [4.69, 9.17) is 20.4 Å². The van der Waals surface area contributed by atoms with Gasteiger partial charge in [0.25, 0.3) is 0 Å². The van der Waals surface area contributed by atoms with Gasteiger partial charge >= 0.3 is 5.97 Å². The number of carbonyl (C=O) groups is 1. The molecule has 1 atom stereocenters. The minimum absolute atomic E-state index is 0.0264. The minimum atomic E-state index is -3.52. The van der Waals surface area contributed by atoms with E-state index in [0.29, 0.717) is 0 Å². The monoisotopic (exact) mass is 529 g/mol. The molecule has 8 nitrogen and oxygen atoms in total. The highest BCUT2D eigenvalue weighted by Gasteiger charge is 2.38. The SMILES string of the molecule is [2H]C([2H])([2H])Oc1cc(-n2c(C(O)(COC)C([2H])([2H])C([2H])([2H])[2H])c(-c3ccc(C(=O)O)cc3)c3c(F)c4[nH]ncc4cc32)ccc1F. The summed E-state index contributed by atoms with van der Waals surface area (Å²) in [6, 6.07) is 9.10. The van der Waals surface area contributed by atoms with Crippen molar-refractivity contribution in [2.75, 3.05) is 20.8 Å². The first kappa shape index (κ1) is 17.3. The van der Waals surface area contributed by atoms with Crippen molar-refractivity contribution in [1.29, 1.82) is 0 Å². The number of hydrogen-bond donors (Lipinski definition) is 3. The number of nitrogens with one attached hydrogen (secondary N) is 1. The van der Waals surface area contributed by atoms with E-state index in [-0.39, 0.29) is 44.2 Å². The average molecular weight is 530 g/mol. The largest absolute Gasteiger partial charge is 0.494 e. The Labute approximate surface area is 227 Å². The van der Waals surface area contributed by atoms with Crippen molar-refractivity contribution in [3.05, 3.63) is 77.6 Å². The molecular weight excluding hydrogens is 496 g/mol. The molecule has 0 aliphatic carbocycles. The predicted octanol–water partition coefficient (Wildman–Crippen LogP) is 5.40. The van der Waals surface area contributed by atoms with Gasteiger partial charge in [-0.2, -0.15) is 5.10 Å². The number of benzene rings is 3. The van der Waals surface area contributed by atoms with Crippen molar-refractivity contribution in [1.82, 2.24) is 14.8 Å². The summed E-state index contributed by atoms with van der Waals surface area (Å²) >= 11 is 0. The van der Waals surface area contributed by atoms with E-state index in [0.717, 1.165) is 29.9 Å². The molecule has 38 heavy (non-hydrogen) atoms. The van der Waals surface area contributed by atoms with Crippen molar-refractivity contribution < 1.29 is 44.2 Å². The van der Waals surface area contributed by atoms with Crippen LogP contribution in [0.3, 0.4) is 0 Å². The number of ether oxygens (including phenoxy) is 2. The molecule has 0 amide bonds. The molecule has 0 aliphatic rings. The third-order valence-electron chi connectivity index (χ3n) is 6.26. The standard InChI is InChI=1S/C28H25F2N3O5/c1-4-28(36,14-37-2)26-22(15-5-7-16(8-6-15)27(34)35)23-20(11-17-13-31-32-25(17)24(23)30)33(26)18-9-10-19(29)21(12-18)38-3/h5-13,36H,4,14H2,1-3H3,(H,31,32)(H,34,35)/i1D3,3D3,4D2. The van der Waals surface area contributed by atoms with E-state index in [2.05, 4.69) is 10.2 Å². The number of rotatable bonds is 8. The fourth-order valence-corrected chi connectivity index (χ4v) is 4.60. The third kappa shape index (κ3) is 3.89. The van der Waals surface area contributed by atoms with E-state index in [9.17, 15) is 19.4 Å². The van der Waals surface area contributed by atoms with E-state index in [1.165, 1.54) is 36.5 Å². The predicted molar refractivity (Wildman–Crippen MR) is 138 cm³/mol. The second-order valence-corrected chi connectivity index (χ2v) is 8.50. The number of fused-ring (bicyclic) bond motifs is 2. The summed E-state index contributed by atoms with van der Waals surface area (Å²) in [5, 5.41) is 28.1. The zero-order valence-electron chi connectivity index (χ0n) is 27.7. The Kier molecular flexibility index (Phi) is 4.34. The van der Waals surface area contributed by atoms with Gasteiger partial charge in [0, 0.05) is 42.1 Å². The number of aliphatic hydroxyl groups is 1. The Morgan fingerprint density at radius 3 is 2.71 bits per heavy atom. The number of aromatic amines is 1. The summed E-state index contributed by atoms with van der Waals surface area (Å²) in [5.41, 5.74) is -4.54. The first-order valence-electron chi connectivity index (χ1n) is 15.1. The lowest BCUT2D eigenvalue weighted by Crippen LogP contribution is -2.33. The van der Waals surface area contributed by atoms with E-state index in [1.807, 2.05) is 0 Å². The molecule has 10 heteroatoms. The molecule has 3 N–H and O–H groups in total. The van der Waals surface area contributed by atoms with Crippen LogP contribution < -0.4 is 4.74 Å². The van der Waals surface area contributed by atoms with Crippen LogP contribution in [0.1, 0.15) is 40.2 Å². The number of hydrogen-bond acceptors (Lipinski definition) is 5.